The van der Waals surface area contributed by atoms with Crippen LogP contribution in [0.25, 0.3) is 0 Å². The van der Waals surface area contributed by atoms with E-state index in [9.17, 15) is 4.79 Å². The predicted octanol–water partition coefficient (Wildman–Crippen LogP) is 3.98. The first kappa shape index (κ1) is 15.4. The van der Waals surface area contributed by atoms with Crippen molar-refractivity contribution in [1.29, 1.82) is 0 Å². The molecule has 0 aliphatic heterocycles. The number of hydrogen-bond donors (Lipinski definition) is 0. The number of carbonyl (C=O) groups excluding carboxylic acids is 1. The van der Waals surface area contributed by atoms with Crippen LogP contribution in [-0.2, 0) is 21.3 Å². The van der Waals surface area contributed by atoms with Gasteiger partial charge in [-0.1, -0.05) is 76.6 Å². The van der Waals surface area contributed by atoms with Crippen molar-refractivity contribution in [2.75, 3.05) is 7.11 Å². The lowest BCUT2D eigenvalue weighted by atomic mass is 10.2. The number of rotatable bonds is 3. The lowest BCUT2D eigenvalue weighted by Crippen LogP contribution is -2.03. The van der Waals surface area contributed by atoms with Crippen LogP contribution in [0.2, 0.25) is 0 Å². The summed E-state index contributed by atoms with van der Waals surface area (Å²) in [5.41, 5.74) is 2.31. The highest BCUT2D eigenvalue weighted by Crippen LogP contribution is 2.02. The van der Waals surface area contributed by atoms with Gasteiger partial charge in [-0.3, -0.25) is 4.79 Å². The molecule has 2 aromatic rings. The Morgan fingerprint density at radius 3 is 1.79 bits per heavy atom. The molecular weight excluding hydrogens is 304 g/mol. The minimum Gasteiger partial charge on any atom is -0.469 e. The number of benzene rings is 2. The Morgan fingerprint density at radius 1 is 0.947 bits per heavy atom. The first-order valence-electron chi connectivity index (χ1n) is 5.97. The highest BCUT2D eigenvalue weighted by Gasteiger charge is 1.99. The fraction of sp³-hybridized carbons (Fsp3) is 0.188. The van der Waals surface area contributed by atoms with Gasteiger partial charge in [0.2, 0.25) is 0 Å². The Morgan fingerprint density at radius 2 is 1.42 bits per heavy atom. The van der Waals surface area contributed by atoms with Crippen LogP contribution < -0.4 is 0 Å². The smallest absolute Gasteiger partial charge is 0.309 e. The zero-order chi connectivity index (χ0) is 13.9. The average molecular weight is 321 g/mol. The molecule has 0 atom stereocenters. The molecule has 0 unspecified atom stereocenters. The van der Waals surface area contributed by atoms with Crippen molar-refractivity contribution in [3.8, 4) is 0 Å². The van der Waals surface area contributed by atoms with Gasteiger partial charge in [0.1, 0.15) is 0 Å². The molecule has 0 saturated heterocycles. The van der Waals surface area contributed by atoms with Gasteiger partial charge in [0.15, 0.2) is 0 Å². The van der Waals surface area contributed by atoms with Gasteiger partial charge in [0.25, 0.3) is 0 Å². The molecule has 19 heavy (non-hydrogen) atoms. The second-order valence-electron chi connectivity index (χ2n) is 3.86. The molecule has 0 fully saturated rings. The summed E-state index contributed by atoms with van der Waals surface area (Å²) in [6.07, 6.45) is 0.358. The maximum absolute atomic E-state index is 10.8. The number of hydrogen-bond acceptors (Lipinski definition) is 2. The summed E-state index contributed by atoms with van der Waals surface area (Å²) in [7, 11) is 1.39. The third kappa shape index (κ3) is 6.77. The molecule has 0 aliphatic rings. The van der Waals surface area contributed by atoms with Crippen molar-refractivity contribution in [1.82, 2.24) is 0 Å². The molecule has 3 heteroatoms. The van der Waals surface area contributed by atoms with Gasteiger partial charge in [-0.2, -0.15) is 0 Å². The van der Waals surface area contributed by atoms with E-state index in [1.807, 2.05) is 48.5 Å². The van der Waals surface area contributed by atoms with E-state index in [0.29, 0.717) is 6.42 Å². The lowest BCUT2D eigenvalue weighted by Gasteiger charge is -1.97. The summed E-state index contributed by atoms with van der Waals surface area (Å²) in [5.74, 6) is -0.198. The molecule has 0 spiro atoms. The predicted molar refractivity (Wildman–Crippen MR) is 81.2 cm³/mol. The summed E-state index contributed by atoms with van der Waals surface area (Å²) < 4.78 is 4.52. The van der Waals surface area contributed by atoms with Crippen LogP contribution >= 0.6 is 15.9 Å². The average Bonchev–Trinajstić information content (AvgIpc) is 2.49. The van der Waals surface area contributed by atoms with E-state index in [1.54, 1.807) is 0 Å². The first-order valence-corrected chi connectivity index (χ1v) is 7.09. The van der Waals surface area contributed by atoms with Crippen LogP contribution in [0, 0.1) is 0 Å². The van der Waals surface area contributed by atoms with Gasteiger partial charge in [-0.05, 0) is 11.1 Å². The molecule has 0 heterocycles. The second kappa shape index (κ2) is 9.34. The van der Waals surface area contributed by atoms with Crippen LogP contribution in [0.5, 0.6) is 0 Å². The van der Waals surface area contributed by atoms with Crippen LogP contribution in [0.4, 0.5) is 0 Å². The van der Waals surface area contributed by atoms with Crippen LogP contribution in [0.1, 0.15) is 11.1 Å². The molecule has 0 aromatic heterocycles. The highest BCUT2D eigenvalue weighted by molar-refractivity contribution is 9.08. The molecular formula is C16H17BrO2. The van der Waals surface area contributed by atoms with Crippen molar-refractivity contribution < 1.29 is 9.53 Å². The van der Waals surface area contributed by atoms with E-state index in [4.69, 9.17) is 0 Å². The van der Waals surface area contributed by atoms with Crippen LogP contribution in [0.3, 0.4) is 0 Å². The van der Waals surface area contributed by atoms with Crippen molar-refractivity contribution in [3.05, 3.63) is 71.8 Å². The van der Waals surface area contributed by atoms with E-state index >= 15 is 0 Å². The normalized spacial score (nSPS) is 9.16. The van der Waals surface area contributed by atoms with E-state index in [2.05, 4.69) is 32.8 Å². The van der Waals surface area contributed by atoms with Crippen molar-refractivity contribution in [2.24, 2.45) is 0 Å². The molecule has 2 aromatic carbocycles. The monoisotopic (exact) mass is 320 g/mol. The molecule has 100 valence electrons. The third-order valence-electron chi connectivity index (χ3n) is 2.42. The van der Waals surface area contributed by atoms with Gasteiger partial charge in [0, 0.05) is 5.33 Å². The molecule has 0 amide bonds. The number of esters is 1. The lowest BCUT2D eigenvalue weighted by molar-refractivity contribution is -0.139. The van der Waals surface area contributed by atoms with E-state index in [-0.39, 0.29) is 5.97 Å². The van der Waals surface area contributed by atoms with Gasteiger partial charge >= 0.3 is 5.97 Å². The Kier molecular flexibility index (Phi) is 7.59. The molecule has 2 nitrogen and oxygen atoms in total. The molecule has 0 saturated carbocycles. The Labute approximate surface area is 122 Å². The topological polar surface area (TPSA) is 26.3 Å². The molecule has 0 bridgehead atoms. The molecule has 0 N–H and O–H groups in total. The summed E-state index contributed by atoms with van der Waals surface area (Å²) in [6.45, 7) is 0. The maximum Gasteiger partial charge on any atom is 0.309 e. The SMILES string of the molecule is BrCc1ccccc1.COC(=O)Cc1ccccc1. The van der Waals surface area contributed by atoms with E-state index in [0.717, 1.165) is 10.9 Å². The minimum atomic E-state index is -0.198. The Bertz CT molecular complexity index is 469. The number of carbonyl (C=O) groups is 1. The summed E-state index contributed by atoms with van der Waals surface area (Å²) in [6, 6.07) is 19.8. The van der Waals surface area contributed by atoms with Crippen LogP contribution in [0.15, 0.2) is 60.7 Å². The number of methoxy groups -OCH3 is 1. The number of alkyl halides is 1. The molecule has 0 aliphatic carbocycles. The third-order valence-corrected chi connectivity index (χ3v) is 3.06. The first-order chi connectivity index (χ1) is 9.26. The number of halogens is 1. The van der Waals surface area contributed by atoms with Crippen molar-refractivity contribution >= 4 is 21.9 Å². The van der Waals surface area contributed by atoms with Crippen molar-refractivity contribution in [2.45, 2.75) is 11.8 Å². The summed E-state index contributed by atoms with van der Waals surface area (Å²) in [4.78, 5) is 10.8. The molecule has 0 radical (unpaired) electrons. The van der Waals surface area contributed by atoms with E-state index in [1.165, 1.54) is 12.7 Å². The second-order valence-corrected chi connectivity index (χ2v) is 4.42. The van der Waals surface area contributed by atoms with Gasteiger partial charge in [0.05, 0.1) is 13.5 Å². The van der Waals surface area contributed by atoms with Crippen molar-refractivity contribution in [3.63, 3.8) is 0 Å². The van der Waals surface area contributed by atoms with E-state index < -0.39 is 0 Å². The minimum absolute atomic E-state index is 0.198. The zero-order valence-corrected chi connectivity index (χ0v) is 12.5. The Hall–Kier alpha value is -1.61. The summed E-state index contributed by atoms with van der Waals surface area (Å²) >= 11 is 3.36. The van der Waals surface area contributed by atoms with Gasteiger partial charge < -0.3 is 4.74 Å². The highest BCUT2D eigenvalue weighted by atomic mass is 79.9. The zero-order valence-electron chi connectivity index (χ0n) is 10.9. The largest absolute Gasteiger partial charge is 0.469 e. The maximum atomic E-state index is 10.8. The van der Waals surface area contributed by atoms with Gasteiger partial charge in [-0.15, -0.1) is 0 Å². The van der Waals surface area contributed by atoms with Crippen LogP contribution in [-0.4, -0.2) is 13.1 Å². The summed E-state index contributed by atoms with van der Waals surface area (Å²) in [5, 5.41) is 0.952. The van der Waals surface area contributed by atoms with Gasteiger partial charge in [-0.25, -0.2) is 0 Å². The molecule has 2 rings (SSSR count). The fourth-order valence-electron chi connectivity index (χ4n) is 1.40. The quantitative estimate of drug-likeness (QED) is 0.631. The number of ether oxygens (including phenoxy) is 1. The fourth-order valence-corrected chi connectivity index (χ4v) is 1.78. The Balaban J connectivity index is 0.000000200. The standard InChI is InChI=1S/C9H10O2.C7H7Br/c1-11-9(10)7-8-5-3-2-4-6-8;8-6-7-4-2-1-3-5-7/h2-6H,7H2,1H3;1-5H,6H2.